The Kier molecular flexibility index (Phi) is 5.46. The zero-order valence-corrected chi connectivity index (χ0v) is 12.3. The summed E-state index contributed by atoms with van der Waals surface area (Å²) < 4.78 is 0. The smallest absolute Gasteiger partial charge is 0.0111 e. The molecule has 0 aromatic carbocycles. The van der Waals surface area contributed by atoms with Crippen molar-refractivity contribution in [3.8, 4) is 0 Å². The summed E-state index contributed by atoms with van der Waals surface area (Å²) in [6.07, 6.45) is 9.21. The van der Waals surface area contributed by atoms with E-state index in [1.807, 2.05) is 0 Å². The maximum absolute atomic E-state index is 6.04. The van der Waals surface area contributed by atoms with Crippen LogP contribution in [0.25, 0.3) is 0 Å². The second-order valence-electron chi connectivity index (χ2n) is 6.29. The molecule has 3 heteroatoms. The molecule has 1 saturated heterocycles. The molecule has 1 aliphatic carbocycles. The lowest BCUT2D eigenvalue weighted by Crippen LogP contribution is -2.46. The Morgan fingerprint density at radius 2 is 1.67 bits per heavy atom. The summed E-state index contributed by atoms with van der Waals surface area (Å²) in [5.41, 5.74) is 6.04. The molecule has 1 saturated carbocycles. The third kappa shape index (κ3) is 3.69. The molecule has 2 N–H and O–H groups in total. The van der Waals surface area contributed by atoms with E-state index in [4.69, 9.17) is 5.73 Å². The SMILES string of the molecule is CCN(C1CCC(N)CC1)C1CCCN(C)CC1. The fourth-order valence-electron chi connectivity index (χ4n) is 3.80. The Morgan fingerprint density at radius 1 is 1.00 bits per heavy atom. The lowest BCUT2D eigenvalue weighted by atomic mass is 9.89. The summed E-state index contributed by atoms with van der Waals surface area (Å²) in [5, 5.41) is 0. The first-order chi connectivity index (χ1) is 8.70. The predicted molar refractivity (Wildman–Crippen MR) is 77.7 cm³/mol. The Labute approximate surface area is 113 Å². The molecule has 2 fully saturated rings. The molecule has 1 aliphatic heterocycles. The largest absolute Gasteiger partial charge is 0.328 e. The van der Waals surface area contributed by atoms with Gasteiger partial charge in [-0.15, -0.1) is 0 Å². The highest BCUT2D eigenvalue weighted by Gasteiger charge is 2.29. The van der Waals surface area contributed by atoms with Crippen LogP contribution in [0.5, 0.6) is 0 Å². The number of rotatable bonds is 3. The van der Waals surface area contributed by atoms with Gasteiger partial charge >= 0.3 is 0 Å². The van der Waals surface area contributed by atoms with Crippen LogP contribution in [0.15, 0.2) is 0 Å². The molecule has 18 heavy (non-hydrogen) atoms. The molecule has 3 nitrogen and oxygen atoms in total. The van der Waals surface area contributed by atoms with Crippen molar-refractivity contribution < 1.29 is 0 Å². The average Bonchev–Trinajstić information content (AvgIpc) is 2.58. The van der Waals surface area contributed by atoms with E-state index in [9.17, 15) is 0 Å². The van der Waals surface area contributed by atoms with Gasteiger partial charge in [0.05, 0.1) is 0 Å². The van der Waals surface area contributed by atoms with E-state index in [2.05, 4.69) is 23.8 Å². The van der Waals surface area contributed by atoms with E-state index >= 15 is 0 Å². The third-order valence-corrected chi connectivity index (χ3v) is 4.97. The first kappa shape index (κ1) is 14.3. The van der Waals surface area contributed by atoms with Crippen molar-refractivity contribution in [2.24, 2.45) is 5.73 Å². The van der Waals surface area contributed by atoms with Crippen molar-refractivity contribution in [2.75, 3.05) is 26.7 Å². The number of nitrogens with zero attached hydrogens (tertiary/aromatic N) is 2. The van der Waals surface area contributed by atoms with Crippen LogP contribution >= 0.6 is 0 Å². The zero-order chi connectivity index (χ0) is 13.0. The molecule has 1 atom stereocenters. The van der Waals surface area contributed by atoms with Crippen LogP contribution in [0.1, 0.15) is 51.9 Å². The first-order valence-electron chi connectivity index (χ1n) is 7.90. The summed E-state index contributed by atoms with van der Waals surface area (Å²) in [4.78, 5) is 5.29. The van der Waals surface area contributed by atoms with Gasteiger partial charge in [0.2, 0.25) is 0 Å². The molecule has 0 radical (unpaired) electrons. The van der Waals surface area contributed by atoms with Crippen molar-refractivity contribution >= 4 is 0 Å². The van der Waals surface area contributed by atoms with Crippen LogP contribution in [0.3, 0.4) is 0 Å². The molecule has 0 amide bonds. The minimum Gasteiger partial charge on any atom is -0.328 e. The van der Waals surface area contributed by atoms with Crippen molar-refractivity contribution in [3.63, 3.8) is 0 Å². The lowest BCUT2D eigenvalue weighted by molar-refractivity contribution is 0.0967. The van der Waals surface area contributed by atoms with Gasteiger partial charge in [-0.05, 0) is 71.6 Å². The van der Waals surface area contributed by atoms with Crippen LogP contribution in [0, 0.1) is 0 Å². The maximum atomic E-state index is 6.04. The fourth-order valence-corrected chi connectivity index (χ4v) is 3.80. The number of hydrogen-bond acceptors (Lipinski definition) is 3. The number of nitrogens with two attached hydrogens (primary N) is 1. The molecule has 0 spiro atoms. The summed E-state index contributed by atoms with van der Waals surface area (Å²) >= 11 is 0. The first-order valence-corrected chi connectivity index (χ1v) is 7.90. The normalized spacial score (nSPS) is 35.7. The van der Waals surface area contributed by atoms with E-state index in [1.165, 1.54) is 64.6 Å². The van der Waals surface area contributed by atoms with Gasteiger partial charge in [-0.25, -0.2) is 0 Å². The summed E-state index contributed by atoms with van der Waals surface area (Å²) in [5.74, 6) is 0. The molecule has 0 aromatic rings. The van der Waals surface area contributed by atoms with Gasteiger partial charge in [-0.3, -0.25) is 4.90 Å². The molecule has 1 unspecified atom stereocenters. The Hall–Kier alpha value is -0.120. The van der Waals surface area contributed by atoms with Crippen LogP contribution in [-0.2, 0) is 0 Å². The molecule has 0 bridgehead atoms. The van der Waals surface area contributed by atoms with E-state index in [0.29, 0.717) is 6.04 Å². The van der Waals surface area contributed by atoms with Crippen molar-refractivity contribution in [3.05, 3.63) is 0 Å². The minimum atomic E-state index is 0.472. The molecule has 0 aromatic heterocycles. The summed E-state index contributed by atoms with van der Waals surface area (Å²) in [7, 11) is 2.26. The average molecular weight is 253 g/mol. The third-order valence-electron chi connectivity index (χ3n) is 4.97. The summed E-state index contributed by atoms with van der Waals surface area (Å²) in [6, 6.07) is 2.10. The van der Waals surface area contributed by atoms with E-state index in [-0.39, 0.29) is 0 Å². The molecular formula is C15H31N3. The van der Waals surface area contributed by atoms with Gasteiger partial charge in [0, 0.05) is 18.1 Å². The second kappa shape index (κ2) is 6.88. The quantitative estimate of drug-likeness (QED) is 0.835. The van der Waals surface area contributed by atoms with Gasteiger partial charge in [0.1, 0.15) is 0 Å². The molecule has 2 aliphatic rings. The molecule has 106 valence electrons. The monoisotopic (exact) mass is 253 g/mol. The van der Waals surface area contributed by atoms with E-state index < -0.39 is 0 Å². The summed E-state index contributed by atoms with van der Waals surface area (Å²) in [6.45, 7) is 6.11. The van der Waals surface area contributed by atoms with Gasteiger partial charge in [-0.2, -0.15) is 0 Å². The molecule has 1 heterocycles. The minimum absolute atomic E-state index is 0.472. The van der Waals surface area contributed by atoms with Gasteiger partial charge in [0.25, 0.3) is 0 Å². The highest BCUT2D eigenvalue weighted by atomic mass is 15.2. The van der Waals surface area contributed by atoms with Gasteiger partial charge in [-0.1, -0.05) is 6.92 Å². The van der Waals surface area contributed by atoms with Crippen LogP contribution < -0.4 is 5.73 Å². The topological polar surface area (TPSA) is 32.5 Å². The van der Waals surface area contributed by atoms with Crippen molar-refractivity contribution in [2.45, 2.75) is 70.0 Å². The predicted octanol–water partition coefficient (Wildman–Crippen LogP) is 2.06. The Morgan fingerprint density at radius 3 is 2.33 bits per heavy atom. The highest BCUT2D eigenvalue weighted by Crippen LogP contribution is 2.27. The second-order valence-corrected chi connectivity index (χ2v) is 6.29. The van der Waals surface area contributed by atoms with Crippen molar-refractivity contribution in [1.82, 2.24) is 9.80 Å². The van der Waals surface area contributed by atoms with Gasteiger partial charge in [0.15, 0.2) is 0 Å². The Balaban J connectivity index is 1.90. The maximum Gasteiger partial charge on any atom is 0.0111 e. The number of likely N-dealkylation sites (tertiary alicyclic amines) is 1. The van der Waals surface area contributed by atoms with Crippen molar-refractivity contribution in [1.29, 1.82) is 0 Å². The number of hydrogen-bond donors (Lipinski definition) is 1. The van der Waals surface area contributed by atoms with Crippen LogP contribution in [0.4, 0.5) is 0 Å². The standard InChI is InChI=1S/C15H31N3/c1-3-18(15-8-6-13(16)7-9-15)14-5-4-11-17(2)12-10-14/h13-15H,3-12,16H2,1-2H3. The van der Waals surface area contributed by atoms with E-state index in [1.54, 1.807) is 0 Å². The van der Waals surface area contributed by atoms with Crippen LogP contribution in [0.2, 0.25) is 0 Å². The van der Waals surface area contributed by atoms with Crippen LogP contribution in [-0.4, -0.2) is 54.6 Å². The zero-order valence-electron chi connectivity index (χ0n) is 12.3. The van der Waals surface area contributed by atoms with Gasteiger partial charge < -0.3 is 10.6 Å². The molecule has 2 rings (SSSR count). The highest BCUT2D eigenvalue weighted by molar-refractivity contribution is 4.86. The Bertz CT molecular complexity index is 236. The molecular weight excluding hydrogens is 222 g/mol. The lowest BCUT2D eigenvalue weighted by Gasteiger charge is -2.40. The van der Waals surface area contributed by atoms with E-state index in [0.717, 1.165) is 12.1 Å². The fraction of sp³-hybridized carbons (Fsp3) is 1.00.